The third-order valence-corrected chi connectivity index (χ3v) is 3.90. The summed E-state index contributed by atoms with van der Waals surface area (Å²) >= 11 is 4.78. The van der Waals surface area contributed by atoms with Crippen LogP contribution in [0, 0.1) is 10.1 Å². The van der Waals surface area contributed by atoms with E-state index >= 15 is 0 Å². The molecule has 0 saturated carbocycles. The van der Waals surface area contributed by atoms with Gasteiger partial charge in [-0.1, -0.05) is 24.3 Å². The van der Waals surface area contributed by atoms with E-state index in [0.29, 0.717) is 39.3 Å². The Morgan fingerprint density at radius 2 is 1.80 bits per heavy atom. The van der Waals surface area contributed by atoms with Crippen LogP contribution >= 0.6 is 12.2 Å². The number of nitro groups is 1. The average molecular weight is 350 g/mol. The van der Waals surface area contributed by atoms with Crippen molar-refractivity contribution in [1.29, 1.82) is 0 Å². The summed E-state index contributed by atoms with van der Waals surface area (Å²) in [6.07, 6.45) is 0. The summed E-state index contributed by atoms with van der Waals surface area (Å²) in [5.74, 6) is 0. The lowest BCUT2D eigenvalue weighted by molar-refractivity contribution is -0.385. The molecule has 1 heterocycles. The number of fused-ring (bicyclic) bond motifs is 4. The van der Waals surface area contributed by atoms with E-state index in [4.69, 9.17) is 18.0 Å². The van der Waals surface area contributed by atoms with Crippen LogP contribution in [0.25, 0.3) is 22.3 Å². The van der Waals surface area contributed by atoms with E-state index in [0.717, 1.165) is 0 Å². The highest BCUT2D eigenvalue weighted by molar-refractivity contribution is 7.80. The number of thiocarbonyl (C=S) groups is 1. The highest BCUT2D eigenvalue weighted by Crippen LogP contribution is 2.40. The van der Waals surface area contributed by atoms with Crippen molar-refractivity contribution in [3.05, 3.63) is 63.8 Å². The molecule has 3 aromatic rings. The second kappa shape index (κ2) is 5.56. The van der Waals surface area contributed by atoms with Gasteiger partial charge in [0.1, 0.15) is 11.4 Å². The summed E-state index contributed by atoms with van der Waals surface area (Å²) < 4.78 is 0. The van der Waals surface area contributed by atoms with E-state index in [1.165, 1.54) is 6.07 Å². The molecule has 0 unspecified atom stereocenters. The SMILES string of the molecule is NC(=S)NN=C1c2nc3ccccc3nc2-c2cccc([N+](=O)[O-])c21. The molecule has 0 saturated heterocycles. The van der Waals surface area contributed by atoms with Crippen molar-refractivity contribution in [2.75, 3.05) is 0 Å². The molecule has 3 N–H and O–H groups in total. The van der Waals surface area contributed by atoms with Gasteiger partial charge in [0.25, 0.3) is 5.69 Å². The molecular formula is C16H10N6O2S. The third kappa shape index (κ3) is 2.37. The zero-order chi connectivity index (χ0) is 17.6. The van der Waals surface area contributed by atoms with Crippen LogP contribution in [0.3, 0.4) is 0 Å². The molecule has 1 aliphatic carbocycles. The molecule has 8 nitrogen and oxygen atoms in total. The first-order chi connectivity index (χ1) is 12.1. The van der Waals surface area contributed by atoms with E-state index in [2.05, 4.69) is 20.5 Å². The molecule has 0 spiro atoms. The molecular weight excluding hydrogens is 340 g/mol. The highest BCUT2D eigenvalue weighted by Gasteiger charge is 2.35. The van der Waals surface area contributed by atoms with Gasteiger partial charge in [0.05, 0.1) is 27.2 Å². The molecule has 0 atom stereocenters. The molecule has 1 aliphatic rings. The highest BCUT2D eigenvalue weighted by atomic mass is 32.1. The summed E-state index contributed by atoms with van der Waals surface area (Å²) in [4.78, 5) is 20.2. The van der Waals surface area contributed by atoms with Crippen LogP contribution in [-0.2, 0) is 0 Å². The Morgan fingerprint density at radius 3 is 2.44 bits per heavy atom. The Labute approximate surface area is 146 Å². The minimum Gasteiger partial charge on any atom is -0.375 e. The summed E-state index contributed by atoms with van der Waals surface area (Å²) in [6, 6.07) is 12.1. The molecule has 0 aliphatic heterocycles. The maximum absolute atomic E-state index is 11.5. The monoisotopic (exact) mass is 350 g/mol. The lowest BCUT2D eigenvalue weighted by atomic mass is 10.1. The van der Waals surface area contributed by atoms with Crippen molar-refractivity contribution in [2.45, 2.75) is 0 Å². The maximum atomic E-state index is 11.5. The van der Waals surface area contributed by atoms with Crippen LogP contribution in [0.4, 0.5) is 5.69 Å². The van der Waals surface area contributed by atoms with Crippen LogP contribution in [0.1, 0.15) is 11.3 Å². The van der Waals surface area contributed by atoms with Crippen LogP contribution in [0.2, 0.25) is 0 Å². The lowest BCUT2D eigenvalue weighted by Gasteiger charge is -2.03. The molecule has 4 rings (SSSR count). The topological polar surface area (TPSA) is 119 Å². The first kappa shape index (κ1) is 15.1. The van der Waals surface area contributed by atoms with Gasteiger partial charge >= 0.3 is 0 Å². The Hall–Kier alpha value is -3.46. The number of hydrogen-bond acceptors (Lipinski definition) is 6. The van der Waals surface area contributed by atoms with E-state index in [-0.39, 0.29) is 10.8 Å². The lowest BCUT2D eigenvalue weighted by Crippen LogP contribution is -2.26. The predicted octanol–water partition coefficient (Wildman–Crippen LogP) is 2.10. The zero-order valence-corrected chi connectivity index (χ0v) is 13.4. The second-order valence-corrected chi connectivity index (χ2v) is 5.74. The second-order valence-electron chi connectivity index (χ2n) is 5.30. The van der Waals surface area contributed by atoms with Gasteiger partial charge < -0.3 is 5.73 Å². The fraction of sp³-hybridized carbons (Fsp3) is 0. The van der Waals surface area contributed by atoms with E-state index in [9.17, 15) is 10.1 Å². The van der Waals surface area contributed by atoms with Gasteiger partial charge in [-0.15, -0.1) is 0 Å². The molecule has 0 bridgehead atoms. The molecule has 0 fully saturated rings. The zero-order valence-electron chi connectivity index (χ0n) is 12.6. The van der Waals surface area contributed by atoms with Crippen LogP contribution in [-0.4, -0.2) is 25.7 Å². The van der Waals surface area contributed by atoms with E-state index < -0.39 is 4.92 Å². The van der Waals surface area contributed by atoms with Gasteiger partial charge in [0, 0.05) is 11.6 Å². The fourth-order valence-corrected chi connectivity index (χ4v) is 2.88. The number of nitrogens with one attached hydrogen (secondary N) is 1. The summed E-state index contributed by atoms with van der Waals surface area (Å²) in [6.45, 7) is 0. The number of benzene rings is 2. The Bertz CT molecular complexity index is 1100. The van der Waals surface area contributed by atoms with E-state index in [1.807, 2.05) is 24.3 Å². The number of hydrogen-bond donors (Lipinski definition) is 2. The molecule has 1 aromatic heterocycles. The van der Waals surface area contributed by atoms with Gasteiger partial charge in [-0.05, 0) is 24.4 Å². The van der Waals surface area contributed by atoms with Crippen LogP contribution in [0.5, 0.6) is 0 Å². The largest absolute Gasteiger partial charge is 0.375 e. The van der Waals surface area contributed by atoms with Crippen LogP contribution < -0.4 is 11.2 Å². The standard InChI is InChI=1S/C16H10N6O2S/c17-16(25)21-20-14-12-8(4-3-7-11(12)22(23)24)13-15(14)19-10-6-2-1-5-9(10)18-13/h1-7H,(H3,17,21,25). The number of nitrogens with two attached hydrogens (primary N) is 1. The molecule has 2 aromatic carbocycles. The predicted molar refractivity (Wildman–Crippen MR) is 97.2 cm³/mol. The molecule has 9 heteroatoms. The smallest absolute Gasteiger partial charge is 0.279 e. The van der Waals surface area contributed by atoms with Gasteiger partial charge in [-0.3, -0.25) is 15.5 Å². The summed E-state index contributed by atoms with van der Waals surface area (Å²) in [7, 11) is 0. The van der Waals surface area contributed by atoms with Gasteiger partial charge in [-0.25, -0.2) is 9.97 Å². The van der Waals surface area contributed by atoms with Crippen LogP contribution in [0.15, 0.2) is 47.6 Å². The number of nitro benzene ring substituents is 1. The molecule has 122 valence electrons. The number of aromatic nitrogens is 2. The first-order valence-electron chi connectivity index (χ1n) is 7.24. The minimum absolute atomic E-state index is 0.0465. The van der Waals surface area contributed by atoms with E-state index in [1.54, 1.807) is 12.1 Å². The number of rotatable bonds is 2. The average Bonchev–Trinajstić information content (AvgIpc) is 2.90. The minimum atomic E-state index is -0.458. The molecule has 25 heavy (non-hydrogen) atoms. The Kier molecular flexibility index (Phi) is 3.36. The van der Waals surface area contributed by atoms with Crippen molar-refractivity contribution in [3.63, 3.8) is 0 Å². The van der Waals surface area contributed by atoms with Crippen molar-refractivity contribution >= 4 is 39.8 Å². The first-order valence-corrected chi connectivity index (χ1v) is 7.65. The van der Waals surface area contributed by atoms with Gasteiger partial charge in [0.2, 0.25) is 0 Å². The normalized spacial score (nSPS) is 13.5. The maximum Gasteiger partial charge on any atom is 0.279 e. The van der Waals surface area contributed by atoms with Gasteiger partial charge in [-0.2, -0.15) is 5.10 Å². The van der Waals surface area contributed by atoms with Crippen molar-refractivity contribution in [1.82, 2.24) is 15.4 Å². The number of para-hydroxylation sites is 2. The fourth-order valence-electron chi connectivity index (χ4n) is 2.83. The number of hydrazone groups is 1. The summed E-state index contributed by atoms with van der Waals surface area (Å²) in [5, 5.41) is 15.6. The van der Waals surface area contributed by atoms with Crippen molar-refractivity contribution in [2.24, 2.45) is 10.8 Å². The Balaban J connectivity index is 2.06. The van der Waals surface area contributed by atoms with Crippen molar-refractivity contribution in [3.8, 4) is 11.3 Å². The Morgan fingerprint density at radius 1 is 1.12 bits per heavy atom. The molecule has 0 radical (unpaired) electrons. The number of nitrogens with zero attached hydrogens (tertiary/aromatic N) is 4. The third-order valence-electron chi connectivity index (χ3n) is 3.80. The quantitative estimate of drug-likeness (QED) is 0.323. The van der Waals surface area contributed by atoms with Gasteiger partial charge in [0.15, 0.2) is 5.11 Å². The molecule has 0 amide bonds. The summed E-state index contributed by atoms with van der Waals surface area (Å²) in [5.41, 5.74) is 11.5. The van der Waals surface area contributed by atoms with Crippen molar-refractivity contribution < 1.29 is 4.92 Å².